The maximum absolute atomic E-state index is 12.8. The summed E-state index contributed by atoms with van der Waals surface area (Å²) in [6.07, 6.45) is 5.51. The standard InChI is InChI=1S/C21H27N3O4/c25-19(14-24-17-8-4-5-9-18(17)28-15-20(24)26)22-10-12-23(13-11-22)21(27)16-6-2-1-3-7-16/h4-5,8-9,16H,1-3,6-7,10-15H2. The second-order valence-electron chi connectivity index (χ2n) is 7.78. The van der Waals surface area contributed by atoms with Crippen LogP contribution in [-0.4, -0.2) is 66.9 Å². The van der Waals surface area contributed by atoms with Crippen LogP contribution < -0.4 is 9.64 Å². The summed E-state index contributed by atoms with van der Waals surface area (Å²) in [5.74, 6) is 0.744. The van der Waals surface area contributed by atoms with E-state index in [-0.39, 0.29) is 36.8 Å². The van der Waals surface area contributed by atoms with Gasteiger partial charge >= 0.3 is 0 Å². The highest BCUT2D eigenvalue weighted by molar-refractivity contribution is 6.02. The molecule has 4 rings (SSSR count). The molecule has 0 N–H and O–H groups in total. The smallest absolute Gasteiger partial charge is 0.265 e. The topological polar surface area (TPSA) is 70.2 Å². The minimum absolute atomic E-state index is 0.00970. The van der Waals surface area contributed by atoms with E-state index < -0.39 is 0 Å². The highest BCUT2D eigenvalue weighted by atomic mass is 16.5. The lowest BCUT2D eigenvalue weighted by Crippen LogP contribution is -2.54. The molecule has 7 nitrogen and oxygen atoms in total. The summed E-state index contributed by atoms with van der Waals surface area (Å²) in [5, 5.41) is 0. The van der Waals surface area contributed by atoms with Crippen molar-refractivity contribution in [3.8, 4) is 5.75 Å². The predicted molar refractivity (Wildman–Crippen MR) is 104 cm³/mol. The number of para-hydroxylation sites is 2. The van der Waals surface area contributed by atoms with E-state index in [2.05, 4.69) is 0 Å². The molecule has 0 spiro atoms. The Kier molecular flexibility index (Phi) is 5.50. The molecule has 0 aromatic heterocycles. The van der Waals surface area contributed by atoms with Crippen LogP contribution in [0, 0.1) is 5.92 Å². The van der Waals surface area contributed by atoms with Crippen molar-refractivity contribution in [2.24, 2.45) is 5.92 Å². The Balaban J connectivity index is 1.33. The second kappa shape index (κ2) is 8.20. The summed E-state index contributed by atoms with van der Waals surface area (Å²) in [6.45, 7) is 2.17. The van der Waals surface area contributed by atoms with E-state index in [9.17, 15) is 14.4 Å². The van der Waals surface area contributed by atoms with Crippen LogP contribution in [0.25, 0.3) is 0 Å². The Hall–Kier alpha value is -2.57. The van der Waals surface area contributed by atoms with Crippen LogP contribution in [0.1, 0.15) is 32.1 Å². The SMILES string of the molecule is O=C(CN1C(=O)COc2ccccc21)N1CCN(C(=O)C2CCCCC2)CC1. The molecule has 0 radical (unpaired) electrons. The first-order valence-electron chi connectivity index (χ1n) is 10.2. The van der Waals surface area contributed by atoms with Crippen LogP contribution in [0.3, 0.4) is 0 Å². The molecular weight excluding hydrogens is 358 g/mol. The first kappa shape index (κ1) is 18.8. The zero-order valence-corrected chi connectivity index (χ0v) is 16.1. The number of nitrogens with zero attached hydrogens (tertiary/aromatic N) is 3. The number of hydrogen-bond acceptors (Lipinski definition) is 4. The van der Waals surface area contributed by atoms with Gasteiger partial charge in [0, 0.05) is 32.1 Å². The largest absolute Gasteiger partial charge is 0.482 e. The molecule has 1 aliphatic carbocycles. The predicted octanol–water partition coefficient (Wildman–Crippen LogP) is 1.66. The van der Waals surface area contributed by atoms with Gasteiger partial charge in [-0.05, 0) is 25.0 Å². The summed E-state index contributed by atoms with van der Waals surface area (Å²) in [7, 11) is 0. The molecule has 1 aromatic rings. The molecule has 2 heterocycles. The van der Waals surface area contributed by atoms with E-state index in [0.29, 0.717) is 37.6 Å². The van der Waals surface area contributed by atoms with Crippen molar-refractivity contribution in [1.82, 2.24) is 9.80 Å². The normalized spacial score (nSPS) is 20.6. The average molecular weight is 385 g/mol. The lowest BCUT2D eigenvalue weighted by molar-refractivity contribution is -0.142. The van der Waals surface area contributed by atoms with Crippen molar-refractivity contribution in [2.45, 2.75) is 32.1 Å². The average Bonchev–Trinajstić information content (AvgIpc) is 2.76. The van der Waals surface area contributed by atoms with Crippen LogP contribution in [0.15, 0.2) is 24.3 Å². The van der Waals surface area contributed by atoms with E-state index in [1.165, 1.54) is 11.3 Å². The number of benzene rings is 1. The molecule has 0 unspecified atom stereocenters. The van der Waals surface area contributed by atoms with Crippen molar-refractivity contribution in [3.05, 3.63) is 24.3 Å². The number of rotatable bonds is 3. The van der Waals surface area contributed by atoms with Gasteiger partial charge in [-0.3, -0.25) is 19.3 Å². The second-order valence-corrected chi connectivity index (χ2v) is 7.78. The Morgan fingerprint density at radius 1 is 0.964 bits per heavy atom. The monoisotopic (exact) mass is 385 g/mol. The minimum atomic E-state index is -0.210. The zero-order chi connectivity index (χ0) is 19.5. The zero-order valence-electron chi connectivity index (χ0n) is 16.1. The lowest BCUT2D eigenvalue weighted by Gasteiger charge is -2.38. The van der Waals surface area contributed by atoms with Crippen LogP contribution in [0.4, 0.5) is 5.69 Å². The van der Waals surface area contributed by atoms with Gasteiger partial charge < -0.3 is 14.5 Å². The molecule has 3 amide bonds. The number of anilines is 1. The number of ether oxygens (including phenoxy) is 1. The Bertz CT molecular complexity index is 752. The summed E-state index contributed by atoms with van der Waals surface area (Å²) in [5.41, 5.74) is 0.637. The van der Waals surface area contributed by atoms with Crippen molar-refractivity contribution in [1.29, 1.82) is 0 Å². The molecule has 3 aliphatic rings. The van der Waals surface area contributed by atoms with Crippen molar-refractivity contribution in [2.75, 3.05) is 44.2 Å². The molecular formula is C21H27N3O4. The van der Waals surface area contributed by atoms with E-state index in [1.54, 1.807) is 17.0 Å². The van der Waals surface area contributed by atoms with Gasteiger partial charge in [0.25, 0.3) is 5.91 Å². The molecule has 150 valence electrons. The summed E-state index contributed by atoms with van der Waals surface area (Å²) in [6, 6.07) is 7.26. The van der Waals surface area contributed by atoms with Crippen molar-refractivity contribution < 1.29 is 19.1 Å². The third kappa shape index (κ3) is 3.84. The Morgan fingerprint density at radius 2 is 1.64 bits per heavy atom. The molecule has 0 bridgehead atoms. The highest BCUT2D eigenvalue weighted by Crippen LogP contribution is 2.31. The van der Waals surface area contributed by atoms with Gasteiger partial charge in [-0.2, -0.15) is 0 Å². The molecule has 1 aromatic carbocycles. The quantitative estimate of drug-likeness (QED) is 0.794. The van der Waals surface area contributed by atoms with Gasteiger partial charge in [0.15, 0.2) is 6.61 Å². The van der Waals surface area contributed by atoms with Gasteiger partial charge in [0.2, 0.25) is 11.8 Å². The molecule has 7 heteroatoms. The summed E-state index contributed by atoms with van der Waals surface area (Å²) >= 11 is 0. The molecule has 28 heavy (non-hydrogen) atoms. The molecule has 1 saturated carbocycles. The number of carbonyl (C=O) groups is 3. The van der Waals surface area contributed by atoms with Crippen LogP contribution >= 0.6 is 0 Å². The van der Waals surface area contributed by atoms with Crippen LogP contribution in [0.2, 0.25) is 0 Å². The van der Waals surface area contributed by atoms with Gasteiger partial charge in [-0.15, -0.1) is 0 Å². The molecule has 2 fully saturated rings. The number of fused-ring (bicyclic) bond motifs is 1. The fraction of sp³-hybridized carbons (Fsp3) is 0.571. The first-order chi connectivity index (χ1) is 13.6. The van der Waals surface area contributed by atoms with E-state index >= 15 is 0 Å². The van der Waals surface area contributed by atoms with Gasteiger partial charge in [-0.25, -0.2) is 0 Å². The Morgan fingerprint density at radius 3 is 2.39 bits per heavy atom. The number of carbonyl (C=O) groups excluding carboxylic acids is 3. The van der Waals surface area contributed by atoms with Crippen LogP contribution in [0.5, 0.6) is 5.75 Å². The van der Waals surface area contributed by atoms with Gasteiger partial charge in [0.1, 0.15) is 12.3 Å². The van der Waals surface area contributed by atoms with Crippen molar-refractivity contribution in [3.63, 3.8) is 0 Å². The van der Waals surface area contributed by atoms with Crippen molar-refractivity contribution >= 4 is 23.4 Å². The van der Waals surface area contributed by atoms with E-state index in [4.69, 9.17) is 4.74 Å². The van der Waals surface area contributed by atoms with E-state index in [1.807, 2.05) is 17.0 Å². The maximum Gasteiger partial charge on any atom is 0.265 e. The van der Waals surface area contributed by atoms with E-state index in [0.717, 1.165) is 25.7 Å². The maximum atomic E-state index is 12.8. The minimum Gasteiger partial charge on any atom is -0.482 e. The third-order valence-corrected chi connectivity index (χ3v) is 6.00. The molecule has 2 aliphatic heterocycles. The van der Waals surface area contributed by atoms with Crippen LogP contribution in [-0.2, 0) is 14.4 Å². The fourth-order valence-corrected chi connectivity index (χ4v) is 4.35. The highest BCUT2D eigenvalue weighted by Gasteiger charge is 2.32. The number of amides is 3. The number of hydrogen-bond donors (Lipinski definition) is 0. The number of piperazine rings is 1. The first-order valence-corrected chi connectivity index (χ1v) is 10.2. The molecule has 0 atom stereocenters. The Labute approximate surface area is 165 Å². The fourth-order valence-electron chi connectivity index (χ4n) is 4.35. The van der Waals surface area contributed by atoms with Gasteiger partial charge in [0.05, 0.1) is 5.69 Å². The summed E-state index contributed by atoms with van der Waals surface area (Å²) in [4.78, 5) is 42.9. The van der Waals surface area contributed by atoms with Gasteiger partial charge in [-0.1, -0.05) is 31.4 Å². The lowest BCUT2D eigenvalue weighted by atomic mass is 9.88. The third-order valence-electron chi connectivity index (χ3n) is 6.00. The molecule has 1 saturated heterocycles. The summed E-state index contributed by atoms with van der Waals surface area (Å²) < 4.78 is 5.43.